The number of carbonyl (C=O) groups excluding carboxylic acids is 3. The fourth-order valence-electron chi connectivity index (χ4n) is 3.44. The topological polar surface area (TPSA) is 99.3 Å². The van der Waals surface area contributed by atoms with Crippen LogP contribution in [0.4, 0.5) is 14.9 Å². The summed E-state index contributed by atoms with van der Waals surface area (Å²) < 4.78 is 12.9. The van der Waals surface area contributed by atoms with Crippen molar-refractivity contribution >= 4 is 23.5 Å². The molecule has 0 spiro atoms. The van der Waals surface area contributed by atoms with E-state index in [-0.39, 0.29) is 49.2 Å². The molecule has 0 atom stereocenters. The largest absolute Gasteiger partial charge is 0.350 e. The molecule has 1 aliphatic rings. The van der Waals surface area contributed by atoms with E-state index in [0.717, 1.165) is 31.2 Å². The van der Waals surface area contributed by atoms with Crippen molar-refractivity contribution < 1.29 is 18.8 Å². The summed E-state index contributed by atoms with van der Waals surface area (Å²) in [6.45, 7) is 0.807. The van der Waals surface area contributed by atoms with Crippen molar-refractivity contribution in [2.75, 3.05) is 18.4 Å². The summed E-state index contributed by atoms with van der Waals surface area (Å²) in [5.74, 6) is -0.462. The van der Waals surface area contributed by atoms with Crippen molar-refractivity contribution in [3.05, 3.63) is 65.5 Å². The van der Waals surface area contributed by atoms with Crippen molar-refractivity contribution in [2.45, 2.75) is 32.2 Å². The van der Waals surface area contributed by atoms with E-state index in [9.17, 15) is 18.8 Å². The van der Waals surface area contributed by atoms with Crippen LogP contribution < -0.4 is 21.3 Å². The third-order valence-electron chi connectivity index (χ3n) is 5.20. The number of hydrogen-bond acceptors (Lipinski definition) is 3. The molecular weight excluding hydrogens is 399 g/mol. The number of halogens is 1. The van der Waals surface area contributed by atoms with Crippen molar-refractivity contribution in [1.82, 2.24) is 16.0 Å². The Labute approximate surface area is 180 Å². The second kappa shape index (κ2) is 11.1. The molecule has 0 aromatic heterocycles. The van der Waals surface area contributed by atoms with Crippen LogP contribution in [0.1, 0.15) is 41.6 Å². The number of hydrogen-bond donors (Lipinski definition) is 4. The molecule has 7 nitrogen and oxygen atoms in total. The van der Waals surface area contributed by atoms with E-state index in [1.807, 2.05) is 0 Å². The van der Waals surface area contributed by atoms with Crippen LogP contribution in [-0.4, -0.2) is 30.9 Å². The molecule has 1 fully saturated rings. The van der Waals surface area contributed by atoms with Gasteiger partial charge in [-0.1, -0.05) is 25.0 Å². The Balaban J connectivity index is 1.33. The van der Waals surface area contributed by atoms with E-state index < -0.39 is 0 Å². The first-order valence-corrected chi connectivity index (χ1v) is 10.5. The Morgan fingerprint density at radius 1 is 0.839 bits per heavy atom. The molecule has 0 unspecified atom stereocenters. The predicted octanol–water partition coefficient (Wildman–Crippen LogP) is 3.18. The van der Waals surface area contributed by atoms with Gasteiger partial charge >= 0.3 is 6.03 Å². The first-order valence-electron chi connectivity index (χ1n) is 10.5. The van der Waals surface area contributed by atoms with Crippen molar-refractivity contribution in [2.24, 2.45) is 5.92 Å². The zero-order chi connectivity index (χ0) is 22.1. The SMILES string of the molecule is O=C(NCCNC(=O)c1ccc(NC(=O)C2CCCC2)cc1)NCc1ccc(F)cc1. The molecule has 1 aliphatic carbocycles. The lowest BCUT2D eigenvalue weighted by atomic mass is 10.1. The Bertz CT molecular complexity index is 894. The van der Waals surface area contributed by atoms with Gasteiger partial charge in [0, 0.05) is 36.8 Å². The molecule has 3 rings (SSSR count). The number of urea groups is 1. The maximum Gasteiger partial charge on any atom is 0.315 e. The molecule has 4 amide bonds. The van der Waals surface area contributed by atoms with Crippen LogP contribution in [-0.2, 0) is 11.3 Å². The Kier molecular flexibility index (Phi) is 7.98. The first-order chi connectivity index (χ1) is 15.0. The monoisotopic (exact) mass is 426 g/mol. The summed E-state index contributed by atoms with van der Waals surface area (Å²) in [5, 5.41) is 10.9. The minimum absolute atomic E-state index is 0.0403. The Morgan fingerprint density at radius 3 is 2.16 bits per heavy atom. The summed E-state index contributed by atoms with van der Waals surface area (Å²) in [6, 6.07) is 12.2. The number of carbonyl (C=O) groups is 3. The van der Waals surface area contributed by atoms with Crippen molar-refractivity contribution in [1.29, 1.82) is 0 Å². The van der Waals surface area contributed by atoms with Gasteiger partial charge in [0.15, 0.2) is 0 Å². The van der Waals surface area contributed by atoms with Crippen molar-refractivity contribution in [3.8, 4) is 0 Å². The van der Waals surface area contributed by atoms with Gasteiger partial charge in [-0.2, -0.15) is 0 Å². The molecular formula is C23H27FN4O3. The Hall–Kier alpha value is -3.42. The summed E-state index contributed by atoms with van der Waals surface area (Å²) in [6.07, 6.45) is 4.07. The standard InChI is InChI=1S/C23H27FN4O3/c24-19-9-5-16(6-10-19)15-27-23(31)26-14-13-25-21(29)18-7-11-20(12-8-18)28-22(30)17-3-1-2-4-17/h5-12,17H,1-4,13-15H2,(H,25,29)(H,28,30)(H2,26,27,31). The van der Waals surface area contributed by atoms with Gasteiger partial charge in [0.1, 0.15) is 5.82 Å². The van der Waals surface area contributed by atoms with Gasteiger partial charge in [0.2, 0.25) is 5.91 Å². The molecule has 0 saturated heterocycles. The highest BCUT2D eigenvalue weighted by molar-refractivity contribution is 5.96. The molecule has 2 aromatic rings. The van der Waals surface area contributed by atoms with E-state index in [0.29, 0.717) is 11.3 Å². The highest BCUT2D eigenvalue weighted by atomic mass is 19.1. The normalized spacial score (nSPS) is 13.5. The van der Waals surface area contributed by atoms with E-state index >= 15 is 0 Å². The van der Waals surface area contributed by atoms with Gasteiger partial charge < -0.3 is 21.3 Å². The van der Waals surface area contributed by atoms with E-state index in [1.54, 1.807) is 36.4 Å². The molecule has 0 bridgehead atoms. The zero-order valence-electron chi connectivity index (χ0n) is 17.2. The number of benzene rings is 2. The minimum Gasteiger partial charge on any atom is -0.350 e. The van der Waals surface area contributed by atoms with Gasteiger partial charge in [0.25, 0.3) is 5.91 Å². The molecule has 0 radical (unpaired) electrons. The van der Waals surface area contributed by atoms with Crippen LogP contribution in [0.5, 0.6) is 0 Å². The van der Waals surface area contributed by atoms with Gasteiger partial charge in [-0.3, -0.25) is 9.59 Å². The van der Waals surface area contributed by atoms with E-state index in [2.05, 4.69) is 21.3 Å². The second-order valence-corrected chi connectivity index (χ2v) is 7.54. The van der Waals surface area contributed by atoms with Crippen molar-refractivity contribution in [3.63, 3.8) is 0 Å². The third-order valence-corrected chi connectivity index (χ3v) is 5.20. The molecule has 164 valence electrons. The van der Waals surface area contributed by atoms with Crippen LogP contribution in [0.2, 0.25) is 0 Å². The quantitative estimate of drug-likeness (QED) is 0.488. The summed E-state index contributed by atoms with van der Waals surface area (Å²) in [5.41, 5.74) is 1.93. The number of nitrogens with one attached hydrogen (secondary N) is 4. The highest BCUT2D eigenvalue weighted by Gasteiger charge is 2.22. The summed E-state index contributed by atoms with van der Waals surface area (Å²) >= 11 is 0. The number of rotatable bonds is 8. The van der Waals surface area contributed by atoms with Gasteiger partial charge in [-0.15, -0.1) is 0 Å². The maximum absolute atomic E-state index is 12.9. The summed E-state index contributed by atoms with van der Waals surface area (Å²) in [4.78, 5) is 36.1. The van der Waals surface area contributed by atoms with Gasteiger partial charge in [0.05, 0.1) is 0 Å². The first kappa shape index (κ1) is 22.3. The molecule has 1 saturated carbocycles. The molecule has 2 aromatic carbocycles. The molecule has 31 heavy (non-hydrogen) atoms. The van der Waals surface area contributed by atoms with Crippen LogP contribution in [0.3, 0.4) is 0 Å². The molecule has 0 heterocycles. The van der Waals surface area contributed by atoms with Gasteiger partial charge in [-0.05, 0) is 54.8 Å². The predicted molar refractivity (Wildman–Crippen MR) is 116 cm³/mol. The molecule has 4 N–H and O–H groups in total. The van der Waals surface area contributed by atoms with E-state index in [1.165, 1.54) is 12.1 Å². The maximum atomic E-state index is 12.9. The lowest BCUT2D eigenvalue weighted by molar-refractivity contribution is -0.119. The molecule has 8 heteroatoms. The lowest BCUT2D eigenvalue weighted by Crippen LogP contribution is -2.40. The number of amides is 4. The second-order valence-electron chi connectivity index (χ2n) is 7.54. The molecule has 0 aliphatic heterocycles. The van der Waals surface area contributed by atoms with Gasteiger partial charge in [-0.25, -0.2) is 9.18 Å². The fraction of sp³-hybridized carbons (Fsp3) is 0.348. The van der Waals surface area contributed by atoms with Crippen LogP contribution in [0.15, 0.2) is 48.5 Å². The average Bonchev–Trinajstić information content (AvgIpc) is 3.32. The zero-order valence-corrected chi connectivity index (χ0v) is 17.2. The average molecular weight is 426 g/mol. The third kappa shape index (κ3) is 7.09. The van der Waals surface area contributed by atoms with Crippen LogP contribution in [0, 0.1) is 11.7 Å². The Morgan fingerprint density at radius 2 is 1.48 bits per heavy atom. The lowest BCUT2D eigenvalue weighted by Gasteiger charge is -2.11. The van der Waals surface area contributed by atoms with E-state index in [4.69, 9.17) is 0 Å². The fourth-order valence-corrected chi connectivity index (χ4v) is 3.44. The number of anilines is 1. The van der Waals surface area contributed by atoms with Crippen LogP contribution in [0.25, 0.3) is 0 Å². The van der Waals surface area contributed by atoms with Crippen LogP contribution >= 0.6 is 0 Å². The smallest absolute Gasteiger partial charge is 0.315 e. The summed E-state index contributed by atoms with van der Waals surface area (Å²) in [7, 11) is 0. The minimum atomic E-state index is -0.374. The highest BCUT2D eigenvalue weighted by Crippen LogP contribution is 2.26.